The first-order valence-corrected chi connectivity index (χ1v) is 5.33. The first-order valence-electron chi connectivity index (χ1n) is 4.80. The van der Waals surface area contributed by atoms with Crippen molar-refractivity contribution in [2.24, 2.45) is 10.7 Å². The fourth-order valence-corrected chi connectivity index (χ4v) is 1.26. The summed E-state index contributed by atoms with van der Waals surface area (Å²) in [5.74, 6) is 0.415. The van der Waals surface area contributed by atoms with Crippen molar-refractivity contribution in [2.45, 2.75) is 13.8 Å². The van der Waals surface area contributed by atoms with Gasteiger partial charge >= 0.3 is 0 Å². The molecule has 0 aliphatic heterocycles. The molecule has 0 aliphatic rings. The number of hydrogen-bond donors (Lipinski definition) is 2. The van der Waals surface area contributed by atoms with Gasteiger partial charge in [-0.25, -0.2) is 4.99 Å². The molecule has 0 radical (unpaired) electrons. The number of alkyl halides is 1. The summed E-state index contributed by atoms with van der Waals surface area (Å²) >= 11 is 5.55. The molecule has 0 atom stereocenters. The molecule has 1 rings (SSSR count). The molecular formula is C11H14ClN3O. The minimum absolute atomic E-state index is 0.121. The van der Waals surface area contributed by atoms with Gasteiger partial charge < -0.3 is 11.1 Å². The van der Waals surface area contributed by atoms with Gasteiger partial charge in [-0.2, -0.15) is 0 Å². The number of rotatable bonds is 3. The number of amidine groups is 1. The highest BCUT2D eigenvalue weighted by Gasteiger charge is 2.01. The fourth-order valence-electron chi connectivity index (χ4n) is 1.20. The van der Waals surface area contributed by atoms with E-state index in [9.17, 15) is 4.79 Å². The van der Waals surface area contributed by atoms with Gasteiger partial charge in [-0.3, -0.25) is 4.79 Å². The number of amides is 1. The molecule has 0 heterocycles. The molecule has 3 N–H and O–H groups in total. The van der Waals surface area contributed by atoms with Gasteiger partial charge in [0.05, 0.1) is 11.6 Å². The van der Waals surface area contributed by atoms with Crippen LogP contribution in [0.25, 0.3) is 0 Å². The third kappa shape index (κ3) is 3.55. The lowest BCUT2D eigenvalue weighted by atomic mass is 10.2. The van der Waals surface area contributed by atoms with Crippen molar-refractivity contribution in [1.82, 2.24) is 0 Å². The molecule has 0 unspecified atom stereocenters. The number of anilines is 1. The van der Waals surface area contributed by atoms with E-state index in [1.165, 1.54) is 6.92 Å². The van der Waals surface area contributed by atoms with Gasteiger partial charge in [-0.15, -0.1) is 11.6 Å². The molecule has 16 heavy (non-hydrogen) atoms. The van der Waals surface area contributed by atoms with Gasteiger partial charge in [0.1, 0.15) is 5.84 Å². The van der Waals surface area contributed by atoms with Crippen molar-refractivity contribution in [3.05, 3.63) is 23.8 Å². The number of hydrogen-bond acceptors (Lipinski definition) is 2. The van der Waals surface area contributed by atoms with E-state index in [2.05, 4.69) is 10.3 Å². The van der Waals surface area contributed by atoms with Crippen LogP contribution in [-0.2, 0) is 4.79 Å². The van der Waals surface area contributed by atoms with Gasteiger partial charge in [-0.1, -0.05) is 6.07 Å². The van der Waals surface area contributed by atoms with E-state index in [0.29, 0.717) is 17.2 Å². The number of benzene rings is 1. The van der Waals surface area contributed by atoms with Crippen molar-refractivity contribution in [2.75, 3.05) is 11.2 Å². The SMILES string of the molecule is CC(=O)Nc1ccc(C)c(N=C(N)CCl)c1. The number of nitrogens with two attached hydrogens (primary N) is 1. The predicted molar refractivity (Wildman–Crippen MR) is 67.5 cm³/mol. The highest BCUT2D eigenvalue weighted by Crippen LogP contribution is 2.23. The van der Waals surface area contributed by atoms with E-state index in [4.69, 9.17) is 17.3 Å². The number of aryl methyl sites for hydroxylation is 1. The van der Waals surface area contributed by atoms with Gasteiger partial charge in [0.25, 0.3) is 0 Å². The number of halogens is 1. The minimum atomic E-state index is -0.121. The molecule has 1 amide bonds. The Balaban J connectivity index is 3.03. The fraction of sp³-hybridized carbons (Fsp3) is 0.273. The Morgan fingerprint density at radius 2 is 2.25 bits per heavy atom. The van der Waals surface area contributed by atoms with Crippen LogP contribution in [0.3, 0.4) is 0 Å². The third-order valence-electron chi connectivity index (χ3n) is 1.93. The monoisotopic (exact) mass is 239 g/mol. The Kier molecular flexibility index (Phi) is 4.31. The number of aliphatic imine (C=N–C) groups is 1. The molecule has 1 aromatic rings. The topological polar surface area (TPSA) is 67.5 Å². The summed E-state index contributed by atoms with van der Waals surface area (Å²) in [5, 5.41) is 2.68. The second kappa shape index (κ2) is 5.51. The zero-order chi connectivity index (χ0) is 12.1. The first kappa shape index (κ1) is 12.5. The van der Waals surface area contributed by atoms with Gasteiger partial charge in [0.15, 0.2) is 0 Å². The zero-order valence-corrected chi connectivity index (χ0v) is 10.0. The van der Waals surface area contributed by atoms with Crippen LogP contribution in [0.4, 0.5) is 11.4 Å². The second-order valence-electron chi connectivity index (χ2n) is 3.42. The highest BCUT2D eigenvalue weighted by atomic mass is 35.5. The van der Waals surface area contributed by atoms with E-state index in [1.54, 1.807) is 6.07 Å². The molecular weight excluding hydrogens is 226 g/mol. The molecule has 0 saturated heterocycles. The number of carbonyl (C=O) groups excluding carboxylic acids is 1. The summed E-state index contributed by atoms with van der Waals surface area (Å²) in [5.41, 5.74) is 7.94. The molecule has 0 fully saturated rings. The molecule has 4 nitrogen and oxygen atoms in total. The molecule has 0 saturated carbocycles. The maximum Gasteiger partial charge on any atom is 0.221 e. The van der Waals surface area contributed by atoms with Crippen molar-refractivity contribution < 1.29 is 4.79 Å². The number of nitrogens with one attached hydrogen (secondary N) is 1. The average molecular weight is 240 g/mol. The molecule has 5 heteroatoms. The summed E-state index contributed by atoms with van der Waals surface area (Å²) < 4.78 is 0. The first-order chi connectivity index (χ1) is 7.52. The molecule has 86 valence electrons. The van der Waals surface area contributed by atoms with Gasteiger partial charge in [0.2, 0.25) is 5.91 Å². The predicted octanol–water partition coefficient (Wildman–Crippen LogP) is 2.18. The Bertz CT molecular complexity index is 429. The lowest BCUT2D eigenvalue weighted by molar-refractivity contribution is -0.114. The molecule has 0 bridgehead atoms. The summed E-state index contributed by atoms with van der Waals surface area (Å²) in [6.45, 7) is 3.37. The molecule has 0 aromatic heterocycles. The van der Waals surface area contributed by atoms with Crippen LogP contribution in [0.1, 0.15) is 12.5 Å². The van der Waals surface area contributed by atoms with E-state index >= 15 is 0 Å². The maximum absolute atomic E-state index is 10.9. The lowest BCUT2D eigenvalue weighted by Crippen LogP contribution is -2.12. The van der Waals surface area contributed by atoms with Crippen LogP contribution in [-0.4, -0.2) is 17.6 Å². The van der Waals surface area contributed by atoms with E-state index in [0.717, 1.165) is 5.56 Å². The van der Waals surface area contributed by atoms with Crippen LogP contribution < -0.4 is 11.1 Å². The maximum atomic E-state index is 10.9. The summed E-state index contributed by atoms with van der Waals surface area (Å²) in [7, 11) is 0. The number of carbonyl (C=O) groups is 1. The standard InChI is InChI=1S/C11H14ClN3O/c1-7-3-4-9(14-8(2)16)5-10(7)15-11(13)6-12/h3-5H,6H2,1-2H3,(H2,13,15)(H,14,16). The van der Waals surface area contributed by atoms with Crippen LogP contribution in [0, 0.1) is 6.92 Å². The normalized spacial score (nSPS) is 11.3. The van der Waals surface area contributed by atoms with Crippen molar-refractivity contribution in [3.63, 3.8) is 0 Å². The molecule has 0 aliphatic carbocycles. The second-order valence-corrected chi connectivity index (χ2v) is 3.69. The third-order valence-corrected chi connectivity index (χ3v) is 2.20. The minimum Gasteiger partial charge on any atom is -0.386 e. The largest absolute Gasteiger partial charge is 0.386 e. The van der Waals surface area contributed by atoms with Crippen molar-refractivity contribution in [3.8, 4) is 0 Å². The van der Waals surface area contributed by atoms with Crippen LogP contribution in [0.5, 0.6) is 0 Å². The Morgan fingerprint density at radius 3 is 2.81 bits per heavy atom. The smallest absolute Gasteiger partial charge is 0.221 e. The van der Waals surface area contributed by atoms with Gasteiger partial charge in [0, 0.05) is 12.6 Å². The average Bonchev–Trinajstić information content (AvgIpc) is 2.22. The highest BCUT2D eigenvalue weighted by molar-refractivity contribution is 6.28. The summed E-state index contributed by atoms with van der Waals surface area (Å²) in [6, 6.07) is 5.44. The summed E-state index contributed by atoms with van der Waals surface area (Å²) in [4.78, 5) is 15.1. The number of nitrogens with zero attached hydrogens (tertiary/aromatic N) is 1. The Hall–Kier alpha value is -1.55. The Labute approximate surface area is 99.5 Å². The lowest BCUT2D eigenvalue weighted by Gasteiger charge is -2.06. The summed E-state index contributed by atoms with van der Waals surface area (Å²) in [6.07, 6.45) is 0. The van der Waals surface area contributed by atoms with Crippen molar-refractivity contribution >= 4 is 34.7 Å². The zero-order valence-electron chi connectivity index (χ0n) is 9.25. The van der Waals surface area contributed by atoms with E-state index < -0.39 is 0 Å². The quantitative estimate of drug-likeness (QED) is 0.482. The van der Waals surface area contributed by atoms with E-state index in [1.807, 2.05) is 19.1 Å². The Morgan fingerprint density at radius 1 is 1.56 bits per heavy atom. The van der Waals surface area contributed by atoms with Crippen LogP contribution >= 0.6 is 11.6 Å². The van der Waals surface area contributed by atoms with Gasteiger partial charge in [-0.05, 0) is 24.6 Å². The van der Waals surface area contributed by atoms with Crippen molar-refractivity contribution in [1.29, 1.82) is 0 Å². The van der Waals surface area contributed by atoms with Crippen LogP contribution in [0.15, 0.2) is 23.2 Å². The molecule has 1 aromatic carbocycles. The molecule has 0 spiro atoms. The van der Waals surface area contributed by atoms with E-state index in [-0.39, 0.29) is 11.8 Å². The van der Waals surface area contributed by atoms with Crippen LogP contribution in [0.2, 0.25) is 0 Å².